The average molecular weight is 529 g/mol. The maximum Gasteiger partial charge on any atom is 0.206 e. The van der Waals surface area contributed by atoms with Crippen LogP contribution in [0.5, 0.6) is 0 Å². The van der Waals surface area contributed by atoms with Gasteiger partial charge < -0.3 is 8.83 Å². The third kappa shape index (κ3) is 2.80. The number of fused-ring (bicyclic) bond motifs is 9. The second-order valence-electron chi connectivity index (χ2n) is 9.61. The van der Waals surface area contributed by atoms with Crippen LogP contribution in [-0.2, 0) is 15.3 Å². The number of para-hydroxylation sites is 1. The largest absolute Gasteiger partial charge is 0.461 e. The Hall–Kier alpha value is -4.88. The first kappa shape index (κ1) is 22.1. The number of anilines is 3. The number of hydrogen-bond donors (Lipinski definition) is 0. The van der Waals surface area contributed by atoms with E-state index in [4.69, 9.17) is 13.8 Å². The van der Waals surface area contributed by atoms with Crippen LogP contribution < -0.4 is 4.90 Å². The molecule has 3 aromatic heterocycles. The molecule has 0 saturated heterocycles. The maximum absolute atomic E-state index is 13.2. The predicted molar refractivity (Wildman–Crippen MR) is 146 cm³/mol. The molecule has 3 aromatic carbocycles. The van der Waals surface area contributed by atoms with Crippen LogP contribution in [0.15, 0.2) is 140 Å². The fraction of sp³-hybridized carbons (Fsp3) is 0.0312. The Morgan fingerprint density at radius 3 is 1.95 bits per heavy atom. The Morgan fingerprint density at radius 2 is 1.23 bits per heavy atom. The van der Waals surface area contributed by atoms with Crippen LogP contribution in [0.25, 0.3) is 11.5 Å². The van der Waals surface area contributed by atoms with Gasteiger partial charge in [0.1, 0.15) is 5.82 Å². The third-order valence-electron chi connectivity index (χ3n) is 7.75. The highest BCUT2D eigenvalue weighted by Crippen LogP contribution is 2.63. The number of aromatic nitrogens is 1. The number of sulfone groups is 1. The number of pyridine rings is 1. The van der Waals surface area contributed by atoms with Gasteiger partial charge in [0.25, 0.3) is 0 Å². The van der Waals surface area contributed by atoms with E-state index in [1.54, 1.807) is 61.2 Å². The minimum Gasteiger partial charge on any atom is -0.461 e. The van der Waals surface area contributed by atoms with E-state index >= 15 is 0 Å². The standard InChI is InChI=1S/C32H20N2O4S/c35-39(36,22-7-2-1-3-8-22)23-14-12-21(13-15-23)34-28-11-5-4-9-24(28)32(27-10-6-18-33-31(27)34)25-16-19-37-29(25)30-26(32)17-20-38-30/h1-20H. The zero-order chi connectivity index (χ0) is 26.2. The molecule has 1 aliphatic heterocycles. The predicted octanol–water partition coefficient (Wildman–Crippen LogP) is 7.25. The van der Waals surface area contributed by atoms with Crippen molar-refractivity contribution in [2.75, 3.05) is 4.90 Å². The van der Waals surface area contributed by atoms with Gasteiger partial charge in [0.2, 0.25) is 9.84 Å². The number of rotatable bonds is 3. The monoisotopic (exact) mass is 528 g/mol. The summed E-state index contributed by atoms with van der Waals surface area (Å²) >= 11 is 0. The molecule has 1 aliphatic carbocycles. The lowest BCUT2D eigenvalue weighted by Gasteiger charge is -2.43. The van der Waals surface area contributed by atoms with Gasteiger partial charge >= 0.3 is 0 Å². The van der Waals surface area contributed by atoms with E-state index in [0.29, 0.717) is 0 Å². The Bertz CT molecular complexity index is 1900. The van der Waals surface area contributed by atoms with Crippen molar-refractivity contribution < 1.29 is 17.3 Å². The summed E-state index contributed by atoms with van der Waals surface area (Å²) in [6.45, 7) is 0. The summed E-state index contributed by atoms with van der Waals surface area (Å²) in [5.41, 5.74) is 5.19. The zero-order valence-corrected chi connectivity index (χ0v) is 21.3. The van der Waals surface area contributed by atoms with Crippen molar-refractivity contribution in [3.05, 3.63) is 144 Å². The lowest BCUT2D eigenvalue weighted by Crippen LogP contribution is -2.36. The van der Waals surface area contributed by atoms with Gasteiger partial charge in [-0.15, -0.1) is 0 Å². The molecule has 0 unspecified atom stereocenters. The molecule has 7 heteroatoms. The molecule has 0 atom stereocenters. The number of benzene rings is 3. The molecule has 0 radical (unpaired) electrons. The SMILES string of the molecule is O=S(=O)(c1ccccc1)c1ccc(N2c3ccccc3C3(c4cccnc42)c2ccoc2-c2occc23)cc1. The minimum atomic E-state index is -3.63. The topological polar surface area (TPSA) is 76.6 Å². The van der Waals surface area contributed by atoms with E-state index in [0.717, 1.165) is 51.0 Å². The summed E-state index contributed by atoms with van der Waals surface area (Å²) in [7, 11) is -3.63. The van der Waals surface area contributed by atoms with E-state index in [1.807, 2.05) is 42.5 Å². The highest BCUT2D eigenvalue weighted by atomic mass is 32.2. The Balaban J connectivity index is 1.35. The number of furan rings is 2. The van der Waals surface area contributed by atoms with Crippen molar-refractivity contribution in [3.63, 3.8) is 0 Å². The highest BCUT2D eigenvalue weighted by molar-refractivity contribution is 7.91. The molecule has 8 rings (SSSR count). The van der Waals surface area contributed by atoms with Crippen LogP contribution in [-0.4, -0.2) is 13.4 Å². The van der Waals surface area contributed by atoms with Gasteiger partial charge in [0.05, 0.1) is 33.4 Å². The van der Waals surface area contributed by atoms with E-state index in [1.165, 1.54) is 0 Å². The van der Waals surface area contributed by atoms with Gasteiger partial charge in [-0.05, 0) is 66.2 Å². The summed E-state index contributed by atoms with van der Waals surface area (Å²) < 4.78 is 38.3. The smallest absolute Gasteiger partial charge is 0.206 e. The Kier molecular flexibility index (Phi) is 4.44. The summed E-state index contributed by atoms with van der Waals surface area (Å²) in [6, 6.07) is 31.8. The average Bonchev–Trinajstić information content (AvgIpc) is 3.71. The van der Waals surface area contributed by atoms with Gasteiger partial charge in [0.15, 0.2) is 11.5 Å². The van der Waals surface area contributed by atoms with E-state index in [2.05, 4.69) is 23.1 Å². The number of hydrogen-bond acceptors (Lipinski definition) is 6. The van der Waals surface area contributed by atoms with Gasteiger partial charge in [-0.25, -0.2) is 13.4 Å². The van der Waals surface area contributed by atoms with Gasteiger partial charge in [-0.3, -0.25) is 4.90 Å². The van der Waals surface area contributed by atoms with E-state index in [9.17, 15) is 8.42 Å². The first-order chi connectivity index (χ1) is 19.1. The van der Waals surface area contributed by atoms with E-state index in [-0.39, 0.29) is 9.79 Å². The first-order valence-electron chi connectivity index (χ1n) is 12.5. The van der Waals surface area contributed by atoms with Crippen LogP contribution in [0.3, 0.4) is 0 Å². The molecule has 4 heterocycles. The van der Waals surface area contributed by atoms with E-state index < -0.39 is 15.3 Å². The molecule has 0 N–H and O–H groups in total. The molecule has 39 heavy (non-hydrogen) atoms. The van der Waals surface area contributed by atoms with Crippen molar-refractivity contribution >= 4 is 27.0 Å². The molecule has 188 valence electrons. The second-order valence-corrected chi connectivity index (χ2v) is 11.6. The van der Waals surface area contributed by atoms with Crippen LogP contribution in [0.1, 0.15) is 22.3 Å². The molecule has 1 spiro atoms. The van der Waals surface area contributed by atoms with Crippen molar-refractivity contribution in [1.82, 2.24) is 4.98 Å². The van der Waals surface area contributed by atoms with Crippen molar-refractivity contribution in [2.24, 2.45) is 0 Å². The Morgan fingerprint density at radius 1 is 0.615 bits per heavy atom. The maximum atomic E-state index is 13.2. The molecule has 0 bridgehead atoms. The normalized spacial score (nSPS) is 14.5. The Labute approximate surface area is 224 Å². The summed E-state index contributed by atoms with van der Waals surface area (Å²) in [6.07, 6.45) is 5.19. The molecule has 0 saturated carbocycles. The summed E-state index contributed by atoms with van der Waals surface area (Å²) in [4.78, 5) is 7.47. The van der Waals surface area contributed by atoms with Crippen molar-refractivity contribution in [3.8, 4) is 11.5 Å². The van der Waals surface area contributed by atoms with Gasteiger partial charge in [-0.1, -0.05) is 42.5 Å². The van der Waals surface area contributed by atoms with Crippen LogP contribution >= 0.6 is 0 Å². The first-order valence-corrected chi connectivity index (χ1v) is 14.0. The zero-order valence-electron chi connectivity index (χ0n) is 20.5. The molecular formula is C32H20N2O4S. The second kappa shape index (κ2) is 7.82. The molecule has 0 fully saturated rings. The molecule has 6 aromatic rings. The quantitative estimate of drug-likeness (QED) is 0.240. The fourth-order valence-electron chi connectivity index (χ4n) is 6.17. The van der Waals surface area contributed by atoms with Crippen LogP contribution in [0.4, 0.5) is 17.2 Å². The summed E-state index contributed by atoms with van der Waals surface area (Å²) in [5, 5.41) is 0. The highest BCUT2D eigenvalue weighted by Gasteiger charge is 2.55. The molecule has 0 amide bonds. The fourth-order valence-corrected chi connectivity index (χ4v) is 7.45. The van der Waals surface area contributed by atoms with Crippen molar-refractivity contribution in [1.29, 1.82) is 0 Å². The lowest BCUT2D eigenvalue weighted by atomic mass is 9.66. The van der Waals surface area contributed by atoms with Crippen LogP contribution in [0.2, 0.25) is 0 Å². The van der Waals surface area contributed by atoms with Crippen molar-refractivity contribution in [2.45, 2.75) is 15.2 Å². The molecular weight excluding hydrogens is 508 g/mol. The third-order valence-corrected chi connectivity index (χ3v) is 9.54. The molecule has 6 nitrogen and oxygen atoms in total. The minimum absolute atomic E-state index is 0.238. The van der Waals surface area contributed by atoms with Gasteiger partial charge in [-0.2, -0.15) is 0 Å². The summed E-state index contributed by atoms with van der Waals surface area (Å²) in [5.74, 6) is 2.21. The molecule has 2 aliphatic rings. The number of nitrogens with zero attached hydrogens (tertiary/aromatic N) is 2. The van der Waals surface area contributed by atoms with Crippen LogP contribution in [0, 0.1) is 0 Å². The lowest BCUT2D eigenvalue weighted by molar-refractivity contribution is 0.525. The van der Waals surface area contributed by atoms with Gasteiger partial charge in [0, 0.05) is 28.6 Å².